The van der Waals surface area contributed by atoms with Crippen molar-refractivity contribution in [3.63, 3.8) is 0 Å². The standard InChI is InChI=1S/C24H23N5O/c1-28-16-26-23-21(28)14-20(27-22(23)19-8-5-11-25-15-19)17-9-12-29(13-10-17)24(30)18-6-3-2-4-7-18/h2-8,11,14-17H,9-10,12-13H2,1H3. The van der Waals surface area contributed by atoms with E-state index in [2.05, 4.69) is 16.0 Å². The number of fused-ring (bicyclic) bond motifs is 1. The Hall–Kier alpha value is -3.54. The monoisotopic (exact) mass is 397 g/mol. The summed E-state index contributed by atoms with van der Waals surface area (Å²) in [7, 11) is 2.01. The van der Waals surface area contributed by atoms with Crippen molar-refractivity contribution < 1.29 is 4.79 Å². The van der Waals surface area contributed by atoms with Crippen molar-refractivity contribution >= 4 is 16.9 Å². The zero-order valence-electron chi connectivity index (χ0n) is 16.9. The number of likely N-dealkylation sites (tertiary alicyclic amines) is 1. The molecule has 4 aromatic rings. The van der Waals surface area contributed by atoms with Gasteiger partial charge in [-0.15, -0.1) is 0 Å². The predicted octanol–water partition coefficient (Wildman–Crippen LogP) is 4.05. The minimum Gasteiger partial charge on any atom is -0.339 e. The number of rotatable bonds is 3. The number of aromatic nitrogens is 4. The molecular weight excluding hydrogens is 374 g/mol. The minimum atomic E-state index is 0.111. The minimum absolute atomic E-state index is 0.111. The highest BCUT2D eigenvalue weighted by atomic mass is 16.2. The van der Waals surface area contributed by atoms with Gasteiger partial charge in [0, 0.05) is 55.3 Å². The van der Waals surface area contributed by atoms with E-state index in [1.807, 2.05) is 71.5 Å². The molecule has 0 N–H and O–H groups in total. The molecule has 1 aliphatic rings. The van der Waals surface area contributed by atoms with Gasteiger partial charge in [0.1, 0.15) is 5.52 Å². The molecule has 4 heterocycles. The summed E-state index contributed by atoms with van der Waals surface area (Å²) in [5, 5.41) is 0. The zero-order valence-corrected chi connectivity index (χ0v) is 16.9. The first-order valence-electron chi connectivity index (χ1n) is 10.3. The van der Waals surface area contributed by atoms with Gasteiger partial charge in [0.15, 0.2) is 0 Å². The number of nitrogens with zero attached hydrogens (tertiary/aromatic N) is 5. The molecular formula is C24H23N5O. The van der Waals surface area contributed by atoms with Crippen LogP contribution in [0.15, 0.2) is 67.3 Å². The van der Waals surface area contributed by atoms with Gasteiger partial charge in [-0.05, 0) is 43.2 Å². The number of hydrogen-bond donors (Lipinski definition) is 0. The van der Waals surface area contributed by atoms with Gasteiger partial charge in [0.25, 0.3) is 5.91 Å². The van der Waals surface area contributed by atoms with Crippen LogP contribution in [-0.2, 0) is 7.05 Å². The molecule has 1 aromatic carbocycles. The number of benzene rings is 1. The lowest BCUT2D eigenvalue weighted by Gasteiger charge is -2.32. The van der Waals surface area contributed by atoms with E-state index in [1.165, 1.54) is 0 Å². The van der Waals surface area contributed by atoms with Crippen molar-refractivity contribution in [2.75, 3.05) is 13.1 Å². The average molecular weight is 397 g/mol. The van der Waals surface area contributed by atoms with E-state index in [0.717, 1.165) is 59.5 Å². The summed E-state index contributed by atoms with van der Waals surface area (Å²) in [4.78, 5) is 28.6. The van der Waals surface area contributed by atoms with Crippen LogP contribution in [0.5, 0.6) is 0 Å². The van der Waals surface area contributed by atoms with Crippen LogP contribution in [0, 0.1) is 0 Å². The third-order valence-electron chi connectivity index (χ3n) is 5.89. The molecule has 0 bridgehead atoms. The van der Waals surface area contributed by atoms with Gasteiger partial charge in [-0.2, -0.15) is 0 Å². The summed E-state index contributed by atoms with van der Waals surface area (Å²) in [5.41, 5.74) is 5.63. The van der Waals surface area contributed by atoms with Crippen molar-refractivity contribution in [2.45, 2.75) is 18.8 Å². The highest BCUT2D eigenvalue weighted by Gasteiger charge is 2.26. The smallest absolute Gasteiger partial charge is 0.253 e. The van der Waals surface area contributed by atoms with E-state index in [1.54, 1.807) is 6.20 Å². The number of imidazole rings is 1. The maximum Gasteiger partial charge on any atom is 0.253 e. The van der Waals surface area contributed by atoms with E-state index in [4.69, 9.17) is 4.98 Å². The summed E-state index contributed by atoms with van der Waals surface area (Å²) in [5.74, 6) is 0.430. The molecule has 1 aliphatic heterocycles. The highest BCUT2D eigenvalue weighted by Crippen LogP contribution is 2.33. The second-order valence-electron chi connectivity index (χ2n) is 7.79. The summed E-state index contributed by atoms with van der Waals surface area (Å²) in [6.45, 7) is 1.48. The zero-order chi connectivity index (χ0) is 20.5. The molecule has 1 saturated heterocycles. The number of carbonyl (C=O) groups excluding carboxylic acids is 1. The van der Waals surface area contributed by atoms with Crippen LogP contribution in [0.1, 0.15) is 34.8 Å². The van der Waals surface area contributed by atoms with E-state index in [9.17, 15) is 4.79 Å². The van der Waals surface area contributed by atoms with Gasteiger partial charge >= 0.3 is 0 Å². The molecule has 150 valence electrons. The fourth-order valence-electron chi connectivity index (χ4n) is 4.20. The van der Waals surface area contributed by atoms with Gasteiger partial charge in [-0.25, -0.2) is 4.98 Å². The molecule has 5 rings (SSSR count). The van der Waals surface area contributed by atoms with Gasteiger partial charge in [-0.3, -0.25) is 14.8 Å². The highest BCUT2D eigenvalue weighted by molar-refractivity contribution is 5.94. The lowest BCUT2D eigenvalue weighted by atomic mass is 9.92. The van der Waals surface area contributed by atoms with Crippen molar-refractivity contribution in [1.29, 1.82) is 0 Å². The number of amides is 1. The molecule has 0 aliphatic carbocycles. The first kappa shape index (κ1) is 18.5. The van der Waals surface area contributed by atoms with Crippen LogP contribution in [0.3, 0.4) is 0 Å². The number of aryl methyl sites for hydroxylation is 1. The second kappa shape index (κ2) is 7.71. The molecule has 1 amide bonds. The lowest BCUT2D eigenvalue weighted by molar-refractivity contribution is 0.0712. The number of carbonyl (C=O) groups is 1. The molecule has 0 radical (unpaired) electrons. The Balaban J connectivity index is 1.42. The molecule has 30 heavy (non-hydrogen) atoms. The molecule has 3 aromatic heterocycles. The van der Waals surface area contributed by atoms with Crippen LogP contribution < -0.4 is 0 Å². The quantitative estimate of drug-likeness (QED) is 0.523. The maximum atomic E-state index is 12.8. The molecule has 0 unspecified atom stereocenters. The number of pyridine rings is 2. The SMILES string of the molecule is Cn1cnc2c(-c3cccnc3)nc(C3CCN(C(=O)c4ccccc4)CC3)cc21. The number of piperidine rings is 1. The van der Waals surface area contributed by atoms with Crippen LogP contribution in [0.25, 0.3) is 22.3 Å². The summed E-state index contributed by atoms with van der Waals surface area (Å²) >= 11 is 0. The third kappa shape index (κ3) is 3.34. The largest absolute Gasteiger partial charge is 0.339 e. The Morgan fingerprint density at radius 2 is 1.87 bits per heavy atom. The molecule has 0 spiro atoms. The summed E-state index contributed by atoms with van der Waals surface area (Å²) in [6.07, 6.45) is 7.24. The Kier molecular flexibility index (Phi) is 4.75. The van der Waals surface area contributed by atoms with Crippen molar-refractivity contribution in [3.05, 3.63) is 78.5 Å². The fourth-order valence-corrected chi connectivity index (χ4v) is 4.20. The first-order chi connectivity index (χ1) is 14.7. The van der Waals surface area contributed by atoms with Crippen LogP contribution >= 0.6 is 0 Å². The summed E-state index contributed by atoms with van der Waals surface area (Å²) in [6, 6.07) is 15.6. The van der Waals surface area contributed by atoms with Crippen molar-refractivity contribution in [3.8, 4) is 11.3 Å². The van der Waals surface area contributed by atoms with Crippen LogP contribution in [0.4, 0.5) is 0 Å². The Morgan fingerprint density at radius 3 is 2.60 bits per heavy atom. The predicted molar refractivity (Wildman–Crippen MR) is 116 cm³/mol. The fraction of sp³-hybridized carbons (Fsp3) is 0.250. The molecule has 1 fully saturated rings. The molecule has 6 heteroatoms. The second-order valence-corrected chi connectivity index (χ2v) is 7.79. The molecule has 0 atom stereocenters. The van der Waals surface area contributed by atoms with Crippen molar-refractivity contribution in [2.24, 2.45) is 7.05 Å². The Labute approximate surface area is 175 Å². The van der Waals surface area contributed by atoms with Crippen LogP contribution in [0.2, 0.25) is 0 Å². The van der Waals surface area contributed by atoms with E-state index in [0.29, 0.717) is 5.92 Å². The van der Waals surface area contributed by atoms with E-state index < -0.39 is 0 Å². The van der Waals surface area contributed by atoms with Gasteiger partial charge in [-0.1, -0.05) is 18.2 Å². The van der Waals surface area contributed by atoms with E-state index in [-0.39, 0.29) is 5.91 Å². The maximum absolute atomic E-state index is 12.8. The van der Waals surface area contributed by atoms with Gasteiger partial charge in [0.2, 0.25) is 0 Å². The summed E-state index contributed by atoms with van der Waals surface area (Å²) < 4.78 is 2.04. The average Bonchev–Trinajstić information content (AvgIpc) is 3.20. The van der Waals surface area contributed by atoms with E-state index >= 15 is 0 Å². The normalized spacial score (nSPS) is 14.9. The number of hydrogen-bond acceptors (Lipinski definition) is 4. The Bertz CT molecular complexity index is 1180. The Morgan fingerprint density at radius 1 is 1.07 bits per heavy atom. The van der Waals surface area contributed by atoms with Crippen LogP contribution in [-0.4, -0.2) is 43.4 Å². The van der Waals surface area contributed by atoms with Gasteiger partial charge < -0.3 is 9.47 Å². The molecule has 6 nitrogen and oxygen atoms in total. The van der Waals surface area contributed by atoms with Crippen molar-refractivity contribution in [1.82, 2.24) is 24.4 Å². The topological polar surface area (TPSA) is 63.9 Å². The molecule has 0 saturated carbocycles. The van der Waals surface area contributed by atoms with Gasteiger partial charge in [0.05, 0.1) is 17.5 Å². The third-order valence-corrected chi connectivity index (χ3v) is 5.89. The first-order valence-corrected chi connectivity index (χ1v) is 10.3. The lowest BCUT2D eigenvalue weighted by Crippen LogP contribution is -2.38.